The van der Waals surface area contributed by atoms with E-state index in [0.717, 1.165) is 22.1 Å². The Labute approximate surface area is 211 Å². The van der Waals surface area contributed by atoms with Crippen LogP contribution in [0, 0.1) is 18.7 Å². The summed E-state index contributed by atoms with van der Waals surface area (Å²) >= 11 is 0. The van der Waals surface area contributed by atoms with Gasteiger partial charge in [-0.05, 0) is 83.4 Å². The van der Waals surface area contributed by atoms with Crippen LogP contribution < -0.4 is 0 Å². The molecular weight excluding hydrogens is 462 g/mol. The van der Waals surface area contributed by atoms with Crippen LogP contribution >= 0.6 is 0 Å². The first-order valence-electron chi connectivity index (χ1n) is 12.4. The SMILES string of the molecule is Cc1cc(C(C)OCC2(c3ccc(F)cc3)CCN(C(=O)OC(C)(C)C)CC2)c2nc(F)ccc2c1. The monoisotopic (exact) mass is 496 g/mol. The van der Waals surface area contributed by atoms with E-state index in [9.17, 15) is 13.6 Å². The molecule has 1 amide bonds. The molecule has 1 unspecified atom stereocenters. The first kappa shape index (κ1) is 26.0. The predicted molar refractivity (Wildman–Crippen MR) is 136 cm³/mol. The van der Waals surface area contributed by atoms with Crippen LogP contribution in [0.4, 0.5) is 13.6 Å². The minimum absolute atomic E-state index is 0.297. The summed E-state index contributed by atoms with van der Waals surface area (Å²) in [6.07, 6.45) is 0.615. The Kier molecular flexibility index (Phi) is 7.32. The Morgan fingerprint density at radius 1 is 1.08 bits per heavy atom. The molecule has 2 aromatic carbocycles. The third kappa shape index (κ3) is 5.84. The lowest BCUT2D eigenvalue weighted by Gasteiger charge is -2.42. The molecule has 1 fully saturated rings. The number of piperidine rings is 1. The molecule has 0 saturated carbocycles. The fourth-order valence-electron chi connectivity index (χ4n) is 4.84. The fourth-order valence-corrected chi connectivity index (χ4v) is 4.84. The van der Waals surface area contributed by atoms with Crippen LogP contribution in [0.3, 0.4) is 0 Å². The lowest BCUT2D eigenvalue weighted by atomic mass is 9.73. The van der Waals surface area contributed by atoms with Crippen LogP contribution in [0.5, 0.6) is 0 Å². The van der Waals surface area contributed by atoms with E-state index in [1.807, 2.05) is 46.8 Å². The summed E-state index contributed by atoms with van der Waals surface area (Å²) in [7, 11) is 0. The third-order valence-electron chi connectivity index (χ3n) is 6.81. The fraction of sp³-hybridized carbons (Fsp3) is 0.448. The predicted octanol–water partition coefficient (Wildman–Crippen LogP) is 6.87. The standard InChI is InChI=1S/C29H34F2N2O3/c1-19-16-21-6-11-25(31)32-26(21)24(17-19)20(2)35-18-29(22-7-9-23(30)10-8-22)12-14-33(15-13-29)27(34)36-28(3,4)5/h6-11,16-17,20H,12-15,18H2,1-5H3. The number of amides is 1. The van der Waals surface area contributed by atoms with Crippen molar-refractivity contribution >= 4 is 17.0 Å². The molecule has 0 aliphatic carbocycles. The Morgan fingerprint density at radius 3 is 2.39 bits per heavy atom. The number of nitrogens with zero attached hydrogens (tertiary/aromatic N) is 2. The molecule has 1 aliphatic rings. The number of carbonyl (C=O) groups is 1. The van der Waals surface area contributed by atoms with Gasteiger partial charge >= 0.3 is 6.09 Å². The molecule has 0 spiro atoms. The van der Waals surface area contributed by atoms with E-state index in [-0.39, 0.29) is 18.0 Å². The highest BCUT2D eigenvalue weighted by molar-refractivity contribution is 5.82. The highest BCUT2D eigenvalue weighted by Gasteiger charge is 2.39. The summed E-state index contributed by atoms with van der Waals surface area (Å²) in [5, 5.41) is 0.862. The zero-order valence-electron chi connectivity index (χ0n) is 21.6. The molecule has 7 heteroatoms. The summed E-state index contributed by atoms with van der Waals surface area (Å²) in [4.78, 5) is 18.5. The van der Waals surface area contributed by atoms with Crippen LogP contribution in [0.25, 0.3) is 10.9 Å². The van der Waals surface area contributed by atoms with Gasteiger partial charge in [0.25, 0.3) is 0 Å². The Hall–Kier alpha value is -3.06. The number of hydrogen-bond acceptors (Lipinski definition) is 4. The normalized spacial score (nSPS) is 16.7. The minimum atomic E-state index is -0.564. The van der Waals surface area contributed by atoms with E-state index >= 15 is 0 Å². The van der Waals surface area contributed by atoms with Crippen molar-refractivity contribution in [3.63, 3.8) is 0 Å². The number of carbonyl (C=O) groups excluding carboxylic acids is 1. The molecule has 4 rings (SSSR count). The summed E-state index contributed by atoms with van der Waals surface area (Å²) in [5.74, 6) is -0.828. The maximum Gasteiger partial charge on any atom is 0.410 e. The van der Waals surface area contributed by atoms with Crippen LogP contribution in [0.2, 0.25) is 0 Å². The van der Waals surface area contributed by atoms with Gasteiger partial charge in [0, 0.05) is 29.5 Å². The lowest BCUT2D eigenvalue weighted by Crippen LogP contribution is -2.48. The average molecular weight is 497 g/mol. The smallest absolute Gasteiger partial charge is 0.410 e. The molecule has 0 radical (unpaired) electrons. The van der Waals surface area contributed by atoms with Gasteiger partial charge in [0.05, 0.1) is 18.2 Å². The van der Waals surface area contributed by atoms with Crippen LogP contribution in [0.15, 0.2) is 48.5 Å². The van der Waals surface area contributed by atoms with E-state index in [0.29, 0.717) is 38.1 Å². The maximum absolute atomic E-state index is 14.0. The van der Waals surface area contributed by atoms with Gasteiger partial charge in [0.2, 0.25) is 5.95 Å². The largest absolute Gasteiger partial charge is 0.444 e. The zero-order chi connectivity index (χ0) is 26.1. The summed E-state index contributed by atoms with van der Waals surface area (Å²) in [6.45, 7) is 10.9. The number of benzene rings is 2. The molecule has 36 heavy (non-hydrogen) atoms. The number of aromatic nitrogens is 1. The van der Waals surface area contributed by atoms with Crippen molar-refractivity contribution < 1.29 is 23.0 Å². The van der Waals surface area contributed by atoms with Crippen molar-refractivity contribution in [3.05, 3.63) is 77.0 Å². The van der Waals surface area contributed by atoms with Crippen molar-refractivity contribution in [2.24, 2.45) is 0 Å². The molecule has 5 nitrogen and oxygen atoms in total. The number of ether oxygens (including phenoxy) is 2. The van der Waals surface area contributed by atoms with Crippen molar-refractivity contribution in [2.45, 2.75) is 64.6 Å². The zero-order valence-corrected chi connectivity index (χ0v) is 21.6. The summed E-state index contributed by atoms with van der Waals surface area (Å²) in [5.41, 5.74) is 2.45. The first-order valence-corrected chi connectivity index (χ1v) is 12.4. The third-order valence-corrected chi connectivity index (χ3v) is 6.81. The number of rotatable bonds is 5. The van der Waals surface area contributed by atoms with Crippen LogP contribution in [-0.4, -0.2) is 41.3 Å². The molecule has 1 aliphatic heterocycles. The van der Waals surface area contributed by atoms with E-state index in [1.165, 1.54) is 18.2 Å². The van der Waals surface area contributed by atoms with Crippen molar-refractivity contribution in [3.8, 4) is 0 Å². The van der Waals surface area contributed by atoms with Gasteiger partial charge in [-0.3, -0.25) is 0 Å². The molecule has 2 heterocycles. The molecule has 0 N–H and O–H groups in total. The van der Waals surface area contributed by atoms with Crippen molar-refractivity contribution in [2.75, 3.05) is 19.7 Å². The molecule has 0 bridgehead atoms. The Bertz CT molecular complexity index is 1230. The topological polar surface area (TPSA) is 51.7 Å². The Morgan fingerprint density at radius 2 is 1.75 bits per heavy atom. The minimum Gasteiger partial charge on any atom is -0.444 e. The van der Waals surface area contributed by atoms with Crippen molar-refractivity contribution in [1.29, 1.82) is 0 Å². The molecular formula is C29H34F2N2O3. The average Bonchev–Trinajstić information content (AvgIpc) is 2.82. The first-order chi connectivity index (χ1) is 17.0. The molecule has 192 valence electrons. The van der Waals surface area contributed by atoms with Gasteiger partial charge in [-0.25, -0.2) is 14.2 Å². The van der Waals surface area contributed by atoms with E-state index < -0.39 is 17.0 Å². The highest BCUT2D eigenvalue weighted by Crippen LogP contribution is 2.38. The molecule has 1 atom stereocenters. The van der Waals surface area contributed by atoms with Gasteiger partial charge in [0.1, 0.15) is 11.4 Å². The number of halogens is 2. The van der Waals surface area contributed by atoms with E-state index in [4.69, 9.17) is 9.47 Å². The highest BCUT2D eigenvalue weighted by atomic mass is 19.1. The number of fused-ring (bicyclic) bond motifs is 1. The van der Waals surface area contributed by atoms with Gasteiger partial charge in [-0.1, -0.05) is 23.8 Å². The number of hydrogen-bond donors (Lipinski definition) is 0. The van der Waals surface area contributed by atoms with E-state index in [1.54, 1.807) is 23.1 Å². The Balaban J connectivity index is 1.57. The molecule has 1 aromatic heterocycles. The van der Waals surface area contributed by atoms with Crippen LogP contribution in [0.1, 0.15) is 63.3 Å². The van der Waals surface area contributed by atoms with Gasteiger partial charge < -0.3 is 14.4 Å². The van der Waals surface area contributed by atoms with Crippen LogP contribution in [-0.2, 0) is 14.9 Å². The second-order valence-corrected chi connectivity index (χ2v) is 10.8. The number of likely N-dealkylation sites (tertiary alicyclic amines) is 1. The quantitative estimate of drug-likeness (QED) is 0.362. The summed E-state index contributed by atoms with van der Waals surface area (Å²) < 4.78 is 39.7. The van der Waals surface area contributed by atoms with Crippen molar-refractivity contribution in [1.82, 2.24) is 9.88 Å². The molecule has 1 saturated heterocycles. The maximum atomic E-state index is 14.0. The van der Waals surface area contributed by atoms with Gasteiger partial charge in [-0.15, -0.1) is 0 Å². The van der Waals surface area contributed by atoms with E-state index in [2.05, 4.69) is 4.98 Å². The lowest BCUT2D eigenvalue weighted by molar-refractivity contribution is -0.00935. The number of pyridine rings is 1. The van der Waals surface area contributed by atoms with Gasteiger partial charge in [0.15, 0.2) is 0 Å². The second kappa shape index (κ2) is 10.1. The summed E-state index contributed by atoms with van der Waals surface area (Å²) in [6, 6.07) is 13.6. The molecule has 3 aromatic rings. The van der Waals surface area contributed by atoms with Gasteiger partial charge in [-0.2, -0.15) is 4.39 Å². The number of aryl methyl sites for hydroxylation is 1. The second-order valence-electron chi connectivity index (χ2n) is 10.8.